The summed E-state index contributed by atoms with van der Waals surface area (Å²) in [5.74, 6) is 0.553. The van der Waals surface area contributed by atoms with Gasteiger partial charge in [0.15, 0.2) is 6.61 Å². The van der Waals surface area contributed by atoms with Gasteiger partial charge in [0.25, 0.3) is 5.91 Å². The molecule has 2 N–H and O–H groups in total. The van der Waals surface area contributed by atoms with Crippen molar-refractivity contribution in [3.8, 4) is 17.2 Å². The first-order chi connectivity index (χ1) is 13.5. The highest BCUT2D eigenvalue weighted by atomic mass is 16.5. The number of aromatic nitrogens is 3. The summed E-state index contributed by atoms with van der Waals surface area (Å²) in [6, 6.07) is 10.9. The highest BCUT2D eigenvalue weighted by Gasteiger charge is 2.13. The molecule has 2 aromatic carbocycles. The predicted molar refractivity (Wildman–Crippen MR) is 107 cm³/mol. The van der Waals surface area contributed by atoms with E-state index in [1.54, 1.807) is 35.4 Å². The number of phenols is 1. The molecule has 0 saturated heterocycles. The van der Waals surface area contributed by atoms with Crippen molar-refractivity contribution in [2.45, 2.75) is 33.1 Å². The summed E-state index contributed by atoms with van der Waals surface area (Å²) in [7, 11) is 0. The van der Waals surface area contributed by atoms with Gasteiger partial charge in [-0.05, 0) is 54.7 Å². The third kappa shape index (κ3) is 4.49. The van der Waals surface area contributed by atoms with Crippen LogP contribution in [0, 0.1) is 6.92 Å². The minimum atomic E-state index is -0.355. The minimum absolute atomic E-state index is 0.0286. The van der Waals surface area contributed by atoms with Crippen LogP contribution in [0.25, 0.3) is 5.69 Å². The molecule has 0 aliphatic rings. The standard InChI is InChI=1S/C21H24N4O3/c1-4-15(3)16-6-7-19(26)17(10-16)24-21(27)11-28-20-8-5-14(2)9-18(20)25-12-22-23-13-25/h5-10,12-13,15,26H,4,11H2,1-3H3,(H,24,27)/t15-/m0/s1. The Morgan fingerprint density at radius 2 is 1.96 bits per heavy atom. The summed E-state index contributed by atoms with van der Waals surface area (Å²) in [6.07, 6.45) is 4.11. The number of aryl methyl sites for hydroxylation is 1. The largest absolute Gasteiger partial charge is 0.506 e. The molecule has 7 heteroatoms. The monoisotopic (exact) mass is 380 g/mol. The number of aromatic hydroxyl groups is 1. The molecular weight excluding hydrogens is 356 g/mol. The van der Waals surface area contributed by atoms with E-state index in [0.29, 0.717) is 17.4 Å². The normalized spacial score (nSPS) is 11.8. The average molecular weight is 380 g/mol. The highest BCUT2D eigenvalue weighted by Crippen LogP contribution is 2.29. The molecule has 0 radical (unpaired) electrons. The number of rotatable bonds is 7. The van der Waals surface area contributed by atoms with Crippen LogP contribution in [0.3, 0.4) is 0 Å². The maximum absolute atomic E-state index is 12.4. The van der Waals surface area contributed by atoms with Crippen LogP contribution in [0.2, 0.25) is 0 Å². The molecule has 7 nitrogen and oxygen atoms in total. The van der Waals surface area contributed by atoms with Crippen LogP contribution in [0.5, 0.6) is 11.5 Å². The molecule has 0 saturated carbocycles. The second-order valence-corrected chi connectivity index (χ2v) is 6.76. The first-order valence-electron chi connectivity index (χ1n) is 9.19. The van der Waals surface area contributed by atoms with Crippen LogP contribution < -0.4 is 10.1 Å². The van der Waals surface area contributed by atoms with Gasteiger partial charge in [-0.25, -0.2) is 0 Å². The zero-order valence-corrected chi connectivity index (χ0v) is 16.2. The van der Waals surface area contributed by atoms with Gasteiger partial charge in [0.05, 0.1) is 11.4 Å². The summed E-state index contributed by atoms with van der Waals surface area (Å²) in [5.41, 5.74) is 3.24. The van der Waals surface area contributed by atoms with Crippen molar-refractivity contribution >= 4 is 11.6 Å². The van der Waals surface area contributed by atoms with Gasteiger partial charge in [0.1, 0.15) is 24.2 Å². The number of ether oxygens (including phenoxy) is 1. The van der Waals surface area contributed by atoms with Crippen molar-refractivity contribution in [3.05, 3.63) is 60.2 Å². The van der Waals surface area contributed by atoms with Crippen LogP contribution in [0.4, 0.5) is 5.69 Å². The van der Waals surface area contributed by atoms with E-state index < -0.39 is 0 Å². The van der Waals surface area contributed by atoms with Crippen LogP contribution in [-0.2, 0) is 4.79 Å². The van der Waals surface area contributed by atoms with E-state index in [1.807, 2.05) is 25.1 Å². The Morgan fingerprint density at radius 1 is 1.21 bits per heavy atom. The number of carbonyl (C=O) groups excluding carboxylic acids is 1. The summed E-state index contributed by atoms with van der Waals surface area (Å²) in [4.78, 5) is 12.4. The van der Waals surface area contributed by atoms with Gasteiger partial charge in [0.2, 0.25) is 0 Å². The zero-order valence-electron chi connectivity index (χ0n) is 16.2. The third-order valence-corrected chi connectivity index (χ3v) is 4.65. The number of nitrogens with one attached hydrogen (secondary N) is 1. The molecule has 0 bridgehead atoms. The second kappa shape index (κ2) is 8.56. The quantitative estimate of drug-likeness (QED) is 0.609. The molecule has 1 amide bonds. The topological polar surface area (TPSA) is 89.3 Å². The number of carbonyl (C=O) groups is 1. The van der Waals surface area contributed by atoms with E-state index in [2.05, 4.69) is 29.4 Å². The smallest absolute Gasteiger partial charge is 0.262 e. The fourth-order valence-corrected chi connectivity index (χ4v) is 2.80. The molecule has 146 valence electrons. The van der Waals surface area contributed by atoms with Crippen LogP contribution in [-0.4, -0.2) is 32.4 Å². The molecule has 3 rings (SSSR count). The fourth-order valence-electron chi connectivity index (χ4n) is 2.80. The Balaban J connectivity index is 1.71. The predicted octanol–water partition coefficient (Wildman–Crippen LogP) is 3.81. The Hall–Kier alpha value is -3.35. The molecule has 0 spiro atoms. The van der Waals surface area contributed by atoms with E-state index in [0.717, 1.165) is 23.2 Å². The first-order valence-corrected chi connectivity index (χ1v) is 9.19. The van der Waals surface area contributed by atoms with Crippen molar-refractivity contribution < 1.29 is 14.6 Å². The summed E-state index contributed by atoms with van der Waals surface area (Å²) < 4.78 is 7.44. The van der Waals surface area contributed by atoms with Gasteiger partial charge < -0.3 is 15.2 Å². The van der Waals surface area contributed by atoms with E-state index >= 15 is 0 Å². The first kappa shape index (κ1) is 19.4. The van der Waals surface area contributed by atoms with Crippen molar-refractivity contribution in [2.24, 2.45) is 0 Å². The maximum Gasteiger partial charge on any atom is 0.262 e. The maximum atomic E-state index is 12.4. The molecule has 1 heterocycles. The average Bonchev–Trinajstić information content (AvgIpc) is 3.22. The number of anilines is 1. The lowest BCUT2D eigenvalue weighted by atomic mass is 9.98. The molecule has 0 unspecified atom stereocenters. The van der Waals surface area contributed by atoms with Crippen molar-refractivity contribution in [2.75, 3.05) is 11.9 Å². The molecule has 0 fully saturated rings. The van der Waals surface area contributed by atoms with E-state index in [9.17, 15) is 9.90 Å². The lowest BCUT2D eigenvalue weighted by molar-refractivity contribution is -0.118. The van der Waals surface area contributed by atoms with Crippen molar-refractivity contribution in [1.82, 2.24) is 14.8 Å². The molecule has 28 heavy (non-hydrogen) atoms. The lowest BCUT2D eigenvalue weighted by Crippen LogP contribution is -2.20. The number of phenolic OH excluding ortho intramolecular Hbond substituents is 1. The molecule has 1 aromatic heterocycles. The van der Waals surface area contributed by atoms with Gasteiger partial charge in [-0.2, -0.15) is 0 Å². The van der Waals surface area contributed by atoms with Gasteiger partial charge in [0, 0.05) is 0 Å². The highest BCUT2D eigenvalue weighted by molar-refractivity contribution is 5.93. The second-order valence-electron chi connectivity index (χ2n) is 6.76. The molecule has 1 atom stereocenters. The van der Waals surface area contributed by atoms with Crippen LogP contribution in [0.15, 0.2) is 49.1 Å². The van der Waals surface area contributed by atoms with Crippen LogP contribution in [0.1, 0.15) is 37.3 Å². The third-order valence-electron chi connectivity index (χ3n) is 4.65. The number of nitrogens with zero attached hydrogens (tertiary/aromatic N) is 3. The minimum Gasteiger partial charge on any atom is -0.506 e. The van der Waals surface area contributed by atoms with Gasteiger partial charge >= 0.3 is 0 Å². The SMILES string of the molecule is CC[C@H](C)c1ccc(O)c(NC(=O)COc2ccc(C)cc2-n2cnnc2)c1. The Bertz CT molecular complexity index is 954. The Kier molecular flexibility index (Phi) is 5.93. The van der Waals surface area contributed by atoms with Gasteiger partial charge in [-0.1, -0.05) is 26.0 Å². The molecular formula is C21H24N4O3. The Morgan fingerprint density at radius 3 is 2.68 bits per heavy atom. The van der Waals surface area contributed by atoms with E-state index in [4.69, 9.17) is 4.74 Å². The van der Waals surface area contributed by atoms with Crippen molar-refractivity contribution in [3.63, 3.8) is 0 Å². The van der Waals surface area contributed by atoms with Crippen molar-refractivity contribution in [1.29, 1.82) is 0 Å². The molecule has 0 aliphatic carbocycles. The fraction of sp³-hybridized carbons (Fsp3) is 0.286. The number of amides is 1. The van der Waals surface area contributed by atoms with Crippen LogP contribution >= 0.6 is 0 Å². The number of hydrogen-bond acceptors (Lipinski definition) is 5. The lowest BCUT2D eigenvalue weighted by Gasteiger charge is -2.14. The summed E-state index contributed by atoms with van der Waals surface area (Å²) >= 11 is 0. The number of hydrogen-bond donors (Lipinski definition) is 2. The zero-order chi connectivity index (χ0) is 20.1. The Labute approximate surface area is 164 Å². The van der Waals surface area contributed by atoms with E-state index in [1.165, 1.54) is 0 Å². The number of benzene rings is 2. The molecule has 0 aliphatic heterocycles. The van der Waals surface area contributed by atoms with Gasteiger partial charge in [-0.15, -0.1) is 10.2 Å². The summed E-state index contributed by atoms with van der Waals surface area (Å²) in [5, 5.41) is 20.4. The van der Waals surface area contributed by atoms with E-state index in [-0.39, 0.29) is 18.3 Å². The van der Waals surface area contributed by atoms with Gasteiger partial charge in [-0.3, -0.25) is 9.36 Å². The summed E-state index contributed by atoms with van der Waals surface area (Å²) in [6.45, 7) is 5.98. The molecule has 3 aromatic rings.